The second-order valence-electron chi connectivity index (χ2n) is 8.02. The predicted molar refractivity (Wildman–Crippen MR) is 116 cm³/mol. The van der Waals surface area contributed by atoms with Crippen molar-refractivity contribution >= 4 is 16.9 Å². The summed E-state index contributed by atoms with van der Waals surface area (Å²) in [6.45, 7) is 6.15. The Morgan fingerprint density at radius 1 is 1.09 bits per heavy atom. The molecule has 3 aromatic rings. The van der Waals surface area contributed by atoms with Crippen LogP contribution in [0, 0.1) is 5.41 Å². The van der Waals surface area contributed by atoms with Gasteiger partial charge in [0.05, 0.1) is 0 Å². The van der Waals surface area contributed by atoms with Crippen LogP contribution in [0.1, 0.15) is 26.3 Å². The average molecular weight is 446 g/mol. The van der Waals surface area contributed by atoms with Gasteiger partial charge >= 0.3 is 12.1 Å². The molecule has 170 valence electrons. The summed E-state index contributed by atoms with van der Waals surface area (Å²) in [6, 6.07) is 14.7. The first-order valence-electron chi connectivity index (χ1n) is 10.2. The monoisotopic (exact) mass is 446 g/mol. The minimum Gasteiger partial charge on any atom is -0.492 e. The number of ether oxygens (including phenoxy) is 2. The Balaban J connectivity index is 1.80. The van der Waals surface area contributed by atoms with E-state index in [4.69, 9.17) is 13.9 Å². The van der Waals surface area contributed by atoms with Crippen LogP contribution >= 0.6 is 0 Å². The summed E-state index contributed by atoms with van der Waals surface area (Å²) in [5.74, 6) is 0.0303. The first kappa shape index (κ1) is 23.4. The van der Waals surface area contributed by atoms with Crippen LogP contribution in [0.15, 0.2) is 65.1 Å². The standard InChI is InChI=1S/C25H25F3O4/c1-5-17-8-6-7-9-20(17)22-12-18-10-11-19(13-21(18)32-22)30-14-24(4,25(26,27)28)15-31-23(29)16(2)3/h6-13H,2,5,14-15H2,1,3-4H3. The number of esters is 1. The molecule has 1 atom stereocenters. The van der Waals surface area contributed by atoms with Gasteiger partial charge in [0.1, 0.15) is 35.7 Å². The van der Waals surface area contributed by atoms with Gasteiger partial charge in [-0.2, -0.15) is 13.2 Å². The van der Waals surface area contributed by atoms with Crippen molar-refractivity contribution in [3.8, 4) is 17.1 Å². The Morgan fingerprint density at radius 2 is 1.81 bits per heavy atom. The van der Waals surface area contributed by atoms with Gasteiger partial charge in [-0.05, 0) is 44.0 Å². The van der Waals surface area contributed by atoms with Gasteiger partial charge in [-0.25, -0.2) is 4.79 Å². The van der Waals surface area contributed by atoms with Crippen molar-refractivity contribution in [1.29, 1.82) is 0 Å². The van der Waals surface area contributed by atoms with Crippen LogP contribution in [0.25, 0.3) is 22.3 Å². The van der Waals surface area contributed by atoms with Crippen LogP contribution in [-0.4, -0.2) is 25.4 Å². The highest BCUT2D eigenvalue weighted by atomic mass is 19.4. The van der Waals surface area contributed by atoms with Crippen molar-refractivity contribution in [3.63, 3.8) is 0 Å². The molecule has 0 aliphatic heterocycles. The number of alkyl halides is 3. The predicted octanol–water partition coefficient (Wildman–Crippen LogP) is 6.73. The van der Waals surface area contributed by atoms with Gasteiger partial charge in [0.15, 0.2) is 0 Å². The summed E-state index contributed by atoms with van der Waals surface area (Å²) in [7, 11) is 0. The third kappa shape index (κ3) is 4.98. The molecule has 1 heterocycles. The minimum absolute atomic E-state index is 0.0270. The van der Waals surface area contributed by atoms with Crippen LogP contribution < -0.4 is 4.74 Å². The zero-order valence-corrected chi connectivity index (χ0v) is 18.2. The third-order valence-electron chi connectivity index (χ3n) is 5.27. The molecule has 3 rings (SSSR count). The van der Waals surface area contributed by atoms with Crippen LogP contribution in [0.3, 0.4) is 0 Å². The fourth-order valence-electron chi connectivity index (χ4n) is 3.10. The fraction of sp³-hybridized carbons (Fsp3) is 0.320. The number of furan rings is 1. The van der Waals surface area contributed by atoms with Crippen molar-refractivity contribution in [2.75, 3.05) is 13.2 Å². The number of aryl methyl sites for hydroxylation is 1. The molecule has 2 aromatic carbocycles. The van der Waals surface area contributed by atoms with Crippen molar-refractivity contribution in [2.45, 2.75) is 33.4 Å². The van der Waals surface area contributed by atoms with Crippen LogP contribution in [0.4, 0.5) is 13.2 Å². The minimum atomic E-state index is -4.64. The lowest BCUT2D eigenvalue weighted by atomic mass is 9.92. The van der Waals surface area contributed by atoms with E-state index in [2.05, 4.69) is 13.5 Å². The lowest BCUT2D eigenvalue weighted by molar-refractivity contribution is -0.240. The molecule has 7 heteroatoms. The van der Waals surface area contributed by atoms with E-state index in [9.17, 15) is 18.0 Å². The molecule has 0 saturated carbocycles. The van der Waals surface area contributed by atoms with Gasteiger partial charge in [0, 0.05) is 22.6 Å². The summed E-state index contributed by atoms with van der Waals surface area (Å²) in [5.41, 5.74) is 0.248. The Labute approximate surface area is 184 Å². The van der Waals surface area contributed by atoms with E-state index in [-0.39, 0.29) is 11.3 Å². The quantitative estimate of drug-likeness (QED) is 0.284. The second-order valence-corrected chi connectivity index (χ2v) is 8.02. The lowest BCUT2D eigenvalue weighted by Crippen LogP contribution is -2.44. The molecule has 0 radical (unpaired) electrons. The number of hydrogen-bond donors (Lipinski definition) is 0. The van der Waals surface area contributed by atoms with E-state index in [0.29, 0.717) is 11.3 Å². The van der Waals surface area contributed by atoms with E-state index in [1.165, 1.54) is 6.92 Å². The number of rotatable bonds is 8. The first-order chi connectivity index (χ1) is 15.0. The lowest BCUT2D eigenvalue weighted by Gasteiger charge is -2.31. The molecule has 0 fully saturated rings. The smallest absolute Gasteiger partial charge is 0.400 e. The molecule has 0 N–H and O–H groups in total. The van der Waals surface area contributed by atoms with E-state index < -0.39 is 30.8 Å². The number of fused-ring (bicyclic) bond motifs is 1. The SMILES string of the molecule is C=C(C)C(=O)OCC(C)(COc1ccc2cc(-c3ccccc3CC)oc2c1)C(F)(F)F. The molecule has 1 unspecified atom stereocenters. The molecule has 32 heavy (non-hydrogen) atoms. The molecule has 0 amide bonds. The van der Waals surface area contributed by atoms with Crippen LogP contribution in [0.2, 0.25) is 0 Å². The Bertz CT molecular complexity index is 1130. The van der Waals surface area contributed by atoms with E-state index in [0.717, 1.165) is 29.9 Å². The van der Waals surface area contributed by atoms with Crippen LogP contribution in [-0.2, 0) is 16.0 Å². The van der Waals surface area contributed by atoms with Gasteiger partial charge in [-0.1, -0.05) is 37.8 Å². The molecule has 4 nitrogen and oxygen atoms in total. The highest BCUT2D eigenvalue weighted by molar-refractivity contribution is 5.87. The van der Waals surface area contributed by atoms with Crippen molar-refractivity contribution < 1.29 is 31.9 Å². The molecule has 0 saturated heterocycles. The maximum Gasteiger partial charge on any atom is 0.400 e. The number of carbonyl (C=O) groups is 1. The van der Waals surface area contributed by atoms with Gasteiger partial charge in [0.2, 0.25) is 0 Å². The first-order valence-corrected chi connectivity index (χ1v) is 10.2. The van der Waals surface area contributed by atoms with Gasteiger partial charge in [0.25, 0.3) is 0 Å². The molecule has 0 bridgehead atoms. The molecule has 0 aliphatic rings. The third-order valence-corrected chi connectivity index (χ3v) is 5.27. The molecular formula is C25H25F3O4. The summed E-state index contributed by atoms with van der Waals surface area (Å²) in [6.07, 6.45) is -3.80. The number of carbonyl (C=O) groups excluding carboxylic acids is 1. The van der Waals surface area contributed by atoms with Gasteiger partial charge < -0.3 is 13.9 Å². The number of halogens is 3. The van der Waals surface area contributed by atoms with E-state index >= 15 is 0 Å². The Morgan fingerprint density at radius 3 is 2.47 bits per heavy atom. The number of hydrogen-bond acceptors (Lipinski definition) is 4. The topological polar surface area (TPSA) is 48.7 Å². The summed E-state index contributed by atoms with van der Waals surface area (Å²) < 4.78 is 57.2. The maximum absolute atomic E-state index is 13.7. The highest BCUT2D eigenvalue weighted by Crippen LogP contribution is 2.39. The summed E-state index contributed by atoms with van der Waals surface area (Å²) in [5, 5.41) is 0.812. The highest BCUT2D eigenvalue weighted by Gasteiger charge is 2.53. The normalized spacial score (nSPS) is 13.6. The van der Waals surface area contributed by atoms with E-state index in [1.807, 2.05) is 30.3 Å². The largest absolute Gasteiger partial charge is 0.492 e. The average Bonchev–Trinajstić information content (AvgIpc) is 3.18. The van der Waals surface area contributed by atoms with E-state index in [1.54, 1.807) is 18.2 Å². The zero-order chi connectivity index (χ0) is 23.5. The van der Waals surface area contributed by atoms with Gasteiger partial charge in [-0.3, -0.25) is 0 Å². The summed E-state index contributed by atoms with van der Waals surface area (Å²) >= 11 is 0. The molecule has 0 spiro atoms. The molecule has 1 aromatic heterocycles. The zero-order valence-electron chi connectivity index (χ0n) is 18.2. The number of benzene rings is 2. The van der Waals surface area contributed by atoms with Gasteiger partial charge in [-0.15, -0.1) is 0 Å². The van der Waals surface area contributed by atoms with Crippen molar-refractivity contribution in [3.05, 3.63) is 66.2 Å². The Hall–Kier alpha value is -3.22. The molecule has 0 aliphatic carbocycles. The molecular weight excluding hydrogens is 421 g/mol. The summed E-state index contributed by atoms with van der Waals surface area (Å²) in [4.78, 5) is 11.6. The maximum atomic E-state index is 13.7. The Kier molecular flexibility index (Phi) is 6.67. The second kappa shape index (κ2) is 9.10. The van der Waals surface area contributed by atoms with Crippen molar-refractivity contribution in [2.24, 2.45) is 5.41 Å². The van der Waals surface area contributed by atoms with Crippen molar-refractivity contribution in [1.82, 2.24) is 0 Å². The van der Waals surface area contributed by atoms with Crippen LogP contribution in [0.5, 0.6) is 5.75 Å². The fourth-order valence-corrected chi connectivity index (χ4v) is 3.10.